The highest BCUT2D eigenvalue weighted by molar-refractivity contribution is 7.46. The van der Waals surface area contributed by atoms with E-state index in [-0.39, 0.29) is 25.4 Å². The van der Waals surface area contributed by atoms with Crippen LogP contribution in [0.5, 0.6) is 0 Å². The van der Waals surface area contributed by atoms with Gasteiger partial charge in [0, 0.05) is 26.3 Å². The lowest BCUT2D eigenvalue weighted by atomic mass is 10.1. The Morgan fingerprint density at radius 2 is 1.36 bits per heavy atom. The second kappa shape index (κ2) is 19.9. The van der Waals surface area contributed by atoms with Gasteiger partial charge in [-0.05, 0) is 19.3 Å². The Kier molecular flexibility index (Phi) is 19.0. The fourth-order valence-corrected chi connectivity index (χ4v) is 3.40. The van der Waals surface area contributed by atoms with Crippen molar-refractivity contribution in [3.8, 4) is 0 Å². The summed E-state index contributed by atoms with van der Waals surface area (Å²) in [6, 6.07) is 0. The third-order valence-electron chi connectivity index (χ3n) is 4.82. The molecule has 0 fully saturated rings. The molecule has 0 bridgehead atoms. The quantitative estimate of drug-likeness (QED) is 0.123. The first-order chi connectivity index (χ1) is 15.6. The average molecular weight is 496 g/mol. The van der Waals surface area contributed by atoms with Crippen LogP contribution in [0.15, 0.2) is 0 Å². The molecule has 0 aliphatic rings. The van der Waals surface area contributed by atoms with Gasteiger partial charge >= 0.3 is 19.8 Å². The Bertz CT molecular complexity index is 594. The molecule has 0 aliphatic heterocycles. The van der Waals surface area contributed by atoms with Gasteiger partial charge in [-0.2, -0.15) is 0 Å². The van der Waals surface area contributed by atoms with Crippen molar-refractivity contribution in [2.24, 2.45) is 0 Å². The molecule has 10 nitrogen and oxygen atoms in total. The summed E-state index contributed by atoms with van der Waals surface area (Å²) >= 11 is 0. The van der Waals surface area contributed by atoms with E-state index < -0.39 is 32.5 Å². The van der Waals surface area contributed by atoms with Crippen molar-refractivity contribution in [2.45, 2.75) is 103 Å². The number of phosphoric acid groups is 1. The monoisotopic (exact) mass is 495 g/mol. The number of nitrogens with one attached hydrogen (secondary N) is 1. The van der Waals surface area contributed by atoms with Crippen LogP contribution in [-0.4, -0.2) is 53.5 Å². The van der Waals surface area contributed by atoms with E-state index in [0.29, 0.717) is 19.4 Å². The van der Waals surface area contributed by atoms with Gasteiger partial charge in [-0.3, -0.25) is 18.9 Å². The first-order valence-corrected chi connectivity index (χ1v) is 13.5. The van der Waals surface area contributed by atoms with Gasteiger partial charge in [-0.15, -0.1) is 0 Å². The van der Waals surface area contributed by atoms with Gasteiger partial charge in [0.05, 0.1) is 6.61 Å². The van der Waals surface area contributed by atoms with Crippen LogP contribution >= 0.6 is 7.82 Å². The number of esters is 2. The molecule has 33 heavy (non-hydrogen) atoms. The minimum Gasteiger partial charge on any atom is -0.462 e. The molecule has 3 N–H and O–H groups in total. The molecule has 0 unspecified atom stereocenters. The van der Waals surface area contributed by atoms with Gasteiger partial charge in [0.1, 0.15) is 6.61 Å². The van der Waals surface area contributed by atoms with Gasteiger partial charge in [0.15, 0.2) is 6.10 Å². The molecule has 0 aromatic rings. The van der Waals surface area contributed by atoms with E-state index in [1.807, 2.05) is 0 Å². The fraction of sp³-hybridized carbons (Fsp3) is 0.864. The van der Waals surface area contributed by atoms with E-state index in [1.165, 1.54) is 6.92 Å². The van der Waals surface area contributed by atoms with E-state index in [9.17, 15) is 18.9 Å². The van der Waals surface area contributed by atoms with Crippen LogP contribution in [0.25, 0.3) is 0 Å². The summed E-state index contributed by atoms with van der Waals surface area (Å²) in [5, 5.41) is 2.75. The summed E-state index contributed by atoms with van der Waals surface area (Å²) in [7, 11) is -4.74. The number of ether oxygens (including phenoxy) is 2. The normalized spacial score (nSPS) is 12.2. The summed E-state index contributed by atoms with van der Waals surface area (Å²) in [6.07, 6.45) is 9.57. The number of hydrogen-bond acceptors (Lipinski definition) is 7. The van der Waals surface area contributed by atoms with Gasteiger partial charge in [0.2, 0.25) is 5.91 Å². The van der Waals surface area contributed by atoms with E-state index >= 15 is 0 Å². The van der Waals surface area contributed by atoms with E-state index in [2.05, 4.69) is 16.8 Å². The number of rotatable bonds is 21. The molecule has 0 heterocycles. The largest absolute Gasteiger partial charge is 0.469 e. The topological polar surface area (TPSA) is 148 Å². The third kappa shape index (κ3) is 23.5. The summed E-state index contributed by atoms with van der Waals surface area (Å²) in [5.74, 6) is -1.00. The summed E-state index contributed by atoms with van der Waals surface area (Å²) < 4.78 is 25.7. The molecule has 0 aromatic carbocycles. The predicted octanol–water partition coefficient (Wildman–Crippen LogP) is 3.78. The zero-order valence-electron chi connectivity index (χ0n) is 20.1. The number of carbonyl (C=O) groups excluding carboxylic acids is 3. The van der Waals surface area contributed by atoms with Crippen molar-refractivity contribution < 1.29 is 42.7 Å². The zero-order valence-corrected chi connectivity index (χ0v) is 21.0. The molecule has 0 spiro atoms. The van der Waals surface area contributed by atoms with Crippen molar-refractivity contribution in [3.05, 3.63) is 0 Å². The fourth-order valence-electron chi connectivity index (χ4n) is 3.04. The smallest absolute Gasteiger partial charge is 0.462 e. The summed E-state index contributed by atoms with van der Waals surface area (Å²) in [6.45, 7) is 3.39. The Morgan fingerprint density at radius 3 is 1.94 bits per heavy atom. The van der Waals surface area contributed by atoms with Gasteiger partial charge in [-0.1, -0.05) is 58.3 Å². The highest BCUT2D eigenvalue weighted by Gasteiger charge is 2.22. The summed E-state index contributed by atoms with van der Waals surface area (Å²) in [5.41, 5.74) is 0. The number of amides is 1. The maximum absolute atomic E-state index is 12.0. The van der Waals surface area contributed by atoms with E-state index in [1.54, 1.807) is 0 Å². The maximum atomic E-state index is 12.0. The van der Waals surface area contributed by atoms with Crippen LogP contribution in [0, 0.1) is 0 Å². The molecular weight excluding hydrogens is 453 g/mol. The molecule has 11 heteroatoms. The molecule has 194 valence electrons. The first-order valence-electron chi connectivity index (χ1n) is 11.9. The standard InChI is InChI=1S/C22H42NO9P/c1-3-4-5-8-12-15-22(26)32-20(18-31-33(27,28)29)17-30-21(25)14-11-9-6-7-10-13-16-23-19(2)24/h20H,3-18H2,1-2H3,(H,23,24)(H2,27,28,29)/t20-/m0/s1. The van der Waals surface area contributed by atoms with Crippen LogP contribution in [0.2, 0.25) is 0 Å². The lowest BCUT2D eigenvalue weighted by Crippen LogP contribution is -2.29. The van der Waals surface area contributed by atoms with Crippen LogP contribution < -0.4 is 5.32 Å². The number of unbranched alkanes of at least 4 members (excludes halogenated alkanes) is 9. The lowest BCUT2D eigenvalue weighted by Gasteiger charge is -2.18. The highest BCUT2D eigenvalue weighted by atomic mass is 31.2. The third-order valence-corrected chi connectivity index (χ3v) is 5.31. The van der Waals surface area contributed by atoms with E-state index in [0.717, 1.165) is 57.8 Å². The van der Waals surface area contributed by atoms with Crippen molar-refractivity contribution in [1.82, 2.24) is 5.32 Å². The van der Waals surface area contributed by atoms with Gasteiger partial charge in [-0.25, -0.2) is 4.57 Å². The van der Waals surface area contributed by atoms with Crippen LogP contribution in [0.3, 0.4) is 0 Å². The van der Waals surface area contributed by atoms with Crippen LogP contribution in [0.1, 0.15) is 97.3 Å². The second-order valence-corrected chi connectivity index (χ2v) is 9.34. The zero-order chi connectivity index (χ0) is 25.0. The molecule has 0 aliphatic carbocycles. The molecule has 1 atom stereocenters. The van der Waals surface area contributed by atoms with Gasteiger partial charge in [0.25, 0.3) is 0 Å². The minimum absolute atomic E-state index is 0.0266. The Morgan fingerprint density at radius 1 is 0.818 bits per heavy atom. The second-order valence-electron chi connectivity index (χ2n) is 8.10. The highest BCUT2D eigenvalue weighted by Crippen LogP contribution is 2.35. The van der Waals surface area contributed by atoms with E-state index in [4.69, 9.17) is 19.3 Å². The first kappa shape index (κ1) is 31.5. The van der Waals surface area contributed by atoms with Gasteiger partial charge < -0.3 is 24.6 Å². The Hall–Kier alpha value is -1.48. The molecule has 0 saturated heterocycles. The SMILES string of the molecule is CCCCCCCC(=O)O[C@@H](COC(=O)CCCCCCCCNC(C)=O)COP(=O)(O)O. The maximum Gasteiger partial charge on any atom is 0.469 e. The Balaban J connectivity index is 4.10. The average Bonchev–Trinajstić information content (AvgIpc) is 2.73. The number of carbonyl (C=O) groups is 3. The van der Waals surface area contributed by atoms with Crippen molar-refractivity contribution in [3.63, 3.8) is 0 Å². The van der Waals surface area contributed by atoms with Crippen LogP contribution in [-0.2, 0) is 32.9 Å². The molecule has 0 rings (SSSR count). The molecule has 1 amide bonds. The van der Waals surface area contributed by atoms with Crippen molar-refractivity contribution >= 4 is 25.7 Å². The minimum atomic E-state index is -4.74. The number of phosphoric ester groups is 1. The van der Waals surface area contributed by atoms with Crippen LogP contribution in [0.4, 0.5) is 0 Å². The molecule has 0 saturated carbocycles. The van der Waals surface area contributed by atoms with Crippen molar-refractivity contribution in [2.75, 3.05) is 19.8 Å². The Labute approximate surface area is 197 Å². The molecular formula is C22H42NO9P. The molecule has 0 aromatic heterocycles. The lowest BCUT2D eigenvalue weighted by molar-refractivity contribution is -0.161. The number of hydrogen-bond donors (Lipinski definition) is 3. The summed E-state index contributed by atoms with van der Waals surface area (Å²) in [4.78, 5) is 52.5. The predicted molar refractivity (Wildman–Crippen MR) is 123 cm³/mol. The molecule has 0 radical (unpaired) electrons. The van der Waals surface area contributed by atoms with Crippen molar-refractivity contribution in [1.29, 1.82) is 0 Å².